The van der Waals surface area contributed by atoms with Crippen LogP contribution in [0.1, 0.15) is 17.2 Å². The SMILES string of the molecule is COc1cccc(C2=C[C@@H](c3cc(Br)ccc3OC(F)F)n3ncnc3N2)c1. The van der Waals surface area contributed by atoms with Crippen molar-refractivity contribution in [3.05, 3.63) is 70.5 Å². The van der Waals surface area contributed by atoms with Gasteiger partial charge in [-0.25, -0.2) is 4.68 Å². The minimum atomic E-state index is -2.93. The number of hydrogen-bond donors (Lipinski definition) is 1. The van der Waals surface area contributed by atoms with Gasteiger partial charge < -0.3 is 14.8 Å². The molecule has 9 heteroatoms. The second-order valence-electron chi connectivity index (χ2n) is 5.97. The third-order valence-corrected chi connectivity index (χ3v) is 4.79. The molecule has 1 atom stereocenters. The summed E-state index contributed by atoms with van der Waals surface area (Å²) in [5, 5.41) is 7.46. The third-order valence-electron chi connectivity index (χ3n) is 4.29. The lowest BCUT2D eigenvalue weighted by Gasteiger charge is -2.26. The molecule has 1 N–H and O–H groups in total. The number of anilines is 1. The number of alkyl halides is 2. The van der Waals surface area contributed by atoms with Crippen LogP contribution < -0.4 is 14.8 Å². The van der Waals surface area contributed by atoms with Gasteiger partial charge in [0.2, 0.25) is 5.95 Å². The predicted octanol–water partition coefficient (Wildman–Crippen LogP) is 4.71. The van der Waals surface area contributed by atoms with Crippen molar-refractivity contribution in [1.29, 1.82) is 0 Å². The van der Waals surface area contributed by atoms with Gasteiger partial charge in [-0.2, -0.15) is 18.9 Å². The number of methoxy groups -OCH3 is 1. The fourth-order valence-corrected chi connectivity index (χ4v) is 3.45. The molecule has 2 aromatic carbocycles. The molecule has 28 heavy (non-hydrogen) atoms. The number of halogens is 3. The van der Waals surface area contributed by atoms with Gasteiger partial charge in [-0.15, -0.1) is 0 Å². The van der Waals surface area contributed by atoms with Crippen molar-refractivity contribution in [2.24, 2.45) is 0 Å². The van der Waals surface area contributed by atoms with Crippen LogP contribution in [-0.2, 0) is 0 Å². The fraction of sp³-hybridized carbons (Fsp3) is 0.158. The molecule has 1 aromatic heterocycles. The standard InChI is InChI=1S/C19H15BrF2N4O2/c1-27-13-4-2-3-11(7-13)15-9-16(26-19(25-15)23-10-24-26)14-8-12(20)5-6-17(14)28-18(21)22/h2-10,16,18H,1H3,(H,23,24,25)/t16-/m0/s1. The minimum absolute atomic E-state index is 0.0767. The molecule has 0 fully saturated rings. The molecular weight excluding hydrogens is 434 g/mol. The minimum Gasteiger partial charge on any atom is -0.497 e. The van der Waals surface area contributed by atoms with Crippen LogP contribution >= 0.6 is 15.9 Å². The summed E-state index contributed by atoms with van der Waals surface area (Å²) in [6.07, 6.45) is 3.29. The van der Waals surface area contributed by atoms with Gasteiger partial charge in [0.1, 0.15) is 23.9 Å². The lowest BCUT2D eigenvalue weighted by Crippen LogP contribution is -2.21. The average molecular weight is 449 g/mol. The van der Waals surface area contributed by atoms with Crippen molar-refractivity contribution in [2.75, 3.05) is 12.4 Å². The first-order chi connectivity index (χ1) is 13.5. The molecule has 6 nitrogen and oxygen atoms in total. The first kappa shape index (κ1) is 18.4. The van der Waals surface area contributed by atoms with E-state index in [0.29, 0.717) is 17.3 Å². The largest absolute Gasteiger partial charge is 0.497 e. The Morgan fingerprint density at radius 3 is 2.86 bits per heavy atom. The van der Waals surface area contributed by atoms with E-state index in [-0.39, 0.29) is 5.75 Å². The summed E-state index contributed by atoms with van der Waals surface area (Å²) in [7, 11) is 1.59. The Labute approximate surface area is 167 Å². The second-order valence-corrected chi connectivity index (χ2v) is 6.89. The topological polar surface area (TPSA) is 61.2 Å². The maximum absolute atomic E-state index is 12.9. The lowest BCUT2D eigenvalue weighted by atomic mass is 10.0. The van der Waals surface area contributed by atoms with E-state index >= 15 is 0 Å². The van der Waals surface area contributed by atoms with Gasteiger partial charge in [0.05, 0.1) is 7.11 Å². The Morgan fingerprint density at radius 2 is 2.07 bits per heavy atom. The zero-order valence-electron chi connectivity index (χ0n) is 14.6. The summed E-state index contributed by atoms with van der Waals surface area (Å²) in [4.78, 5) is 4.23. The molecule has 3 aromatic rings. The van der Waals surface area contributed by atoms with E-state index in [1.807, 2.05) is 30.3 Å². The Balaban J connectivity index is 1.83. The number of allylic oxidation sites excluding steroid dienone is 1. The molecule has 0 amide bonds. The van der Waals surface area contributed by atoms with E-state index in [9.17, 15) is 8.78 Å². The Morgan fingerprint density at radius 1 is 1.21 bits per heavy atom. The molecule has 0 unspecified atom stereocenters. The first-order valence-electron chi connectivity index (χ1n) is 8.32. The highest BCUT2D eigenvalue weighted by Crippen LogP contribution is 2.38. The van der Waals surface area contributed by atoms with E-state index in [2.05, 4.69) is 31.3 Å². The van der Waals surface area contributed by atoms with Crippen LogP contribution in [0.3, 0.4) is 0 Å². The zero-order valence-corrected chi connectivity index (χ0v) is 16.2. The van der Waals surface area contributed by atoms with E-state index < -0.39 is 12.7 Å². The normalized spacial score (nSPS) is 15.6. The van der Waals surface area contributed by atoms with Crippen molar-refractivity contribution in [3.8, 4) is 11.5 Å². The molecule has 0 saturated heterocycles. The van der Waals surface area contributed by atoms with Crippen LogP contribution in [0.4, 0.5) is 14.7 Å². The summed E-state index contributed by atoms with van der Waals surface area (Å²) in [6.45, 7) is -2.93. The zero-order chi connectivity index (χ0) is 19.7. The molecule has 2 heterocycles. The van der Waals surface area contributed by atoms with Crippen molar-refractivity contribution in [3.63, 3.8) is 0 Å². The fourth-order valence-electron chi connectivity index (χ4n) is 3.07. The van der Waals surface area contributed by atoms with Gasteiger partial charge in [-0.3, -0.25) is 0 Å². The van der Waals surface area contributed by atoms with E-state index in [1.54, 1.807) is 23.9 Å². The molecule has 144 valence electrons. The van der Waals surface area contributed by atoms with Gasteiger partial charge in [0.15, 0.2) is 0 Å². The number of nitrogens with one attached hydrogen (secondary N) is 1. The number of nitrogens with zero attached hydrogens (tertiary/aromatic N) is 3. The van der Waals surface area contributed by atoms with Crippen LogP contribution in [0.5, 0.6) is 11.5 Å². The van der Waals surface area contributed by atoms with E-state index in [1.165, 1.54) is 12.4 Å². The van der Waals surface area contributed by atoms with Crippen molar-refractivity contribution in [1.82, 2.24) is 14.8 Å². The van der Waals surface area contributed by atoms with Gasteiger partial charge in [0, 0.05) is 21.3 Å². The predicted molar refractivity (Wildman–Crippen MR) is 104 cm³/mol. The van der Waals surface area contributed by atoms with Crippen molar-refractivity contribution < 1.29 is 18.3 Å². The van der Waals surface area contributed by atoms with E-state index in [4.69, 9.17) is 9.47 Å². The Hall–Kier alpha value is -2.94. The molecule has 4 rings (SSSR count). The number of benzene rings is 2. The van der Waals surface area contributed by atoms with Crippen molar-refractivity contribution >= 4 is 27.6 Å². The van der Waals surface area contributed by atoms with Crippen molar-refractivity contribution in [2.45, 2.75) is 12.7 Å². The quantitative estimate of drug-likeness (QED) is 0.612. The van der Waals surface area contributed by atoms with Crippen LogP contribution in [0, 0.1) is 0 Å². The lowest BCUT2D eigenvalue weighted by molar-refractivity contribution is -0.0506. The van der Waals surface area contributed by atoms with Gasteiger partial charge >= 0.3 is 6.61 Å². The molecule has 1 aliphatic heterocycles. The summed E-state index contributed by atoms with van der Waals surface area (Å²) < 4.78 is 38.2. The second kappa shape index (κ2) is 7.59. The highest BCUT2D eigenvalue weighted by Gasteiger charge is 2.27. The van der Waals surface area contributed by atoms with Crippen LogP contribution in [0.2, 0.25) is 0 Å². The molecule has 1 aliphatic rings. The van der Waals surface area contributed by atoms with Crippen LogP contribution in [-0.4, -0.2) is 28.5 Å². The maximum atomic E-state index is 12.9. The highest BCUT2D eigenvalue weighted by atomic mass is 79.9. The van der Waals surface area contributed by atoms with Crippen LogP contribution in [0.25, 0.3) is 5.70 Å². The molecule has 0 bridgehead atoms. The number of hydrogen-bond acceptors (Lipinski definition) is 5. The monoisotopic (exact) mass is 448 g/mol. The Kier molecular flexibility index (Phi) is 4.99. The molecular formula is C19H15BrF2N4O2. The average Bonchev–Trinajstić information content (AvgIpc) is 3.17. The number of fused-ring (bicyclic) bond motifs is 1. The van der Waals surface area contributed by atoms with Gasteiger partial charge in [-0.1, -0.05) is 28.1 Å². The van der Waals surface area contributed by atoms with E-state index in [0.717, 1.165) is 15.7 Å². The van der Waals surface area contributed by atoms with Gasteiger partial charge in [-0.05, 0) is 36.4 Å². The molecule has 0 saturated carbocycles. The highest BCUT2D eigenvalue weighted by molar-refractivity contribution is 9.10. The summed E-state index contributed by atoms with van der Waals surface area (Å²) in [5.74, 6) is 1.27. The molecule has 0 spiro atoms. The summed E-state index contributed by atoms with van der Waals surface area (Å²) in [5.41, 5.74) is 2.15. The van der Waals surface area contributed by atoms with Gasteiger partial charge in [0.25, 0.3) is 0 Å². The number of ether oxygens (including phenoxy) is 2. The molecule has 0 radical (unpaired) electrons. The maximum Gasteiger partial charge on any atom is 0.387 e. The number of aromatic nitrogens is 3. The Bertz CT molecular complexity index is 1040. The third kappa shape index (κ3) is 3.57. The number of rotatable bonds is 5. The smallest absolute Gasteiger partial charge is 0.387 e. The molecule has 0 aliphatic carbocycles. The summed E-state index contributed by atoms with van der Waals surface area (Å²) in [6, 6.07) is 11.9. The first-order valence-corrected chi connectivity index (χ1v) is 9.11. The van der Waals surface area contributed by atoms with Crippen LogP contribution in [0.15, 0.2) is 59.3 Å². The summed E-state index contributed by atoms with van der Waals surface area (Å²) >= 11 is 3.40.